The van der Waals surface area contributed by atoms with Gasteiger partial charge in [-0.25, -0.2) is 4.98 Å². The fourth-order valence-electron chi connectivity index (χ4n) is 2.94. The molecule has 1 atom stereocenters. The molecule has 0 saturated carbocycles. The van der Waals surface area contributed by atoms with Crippen molar-refractivity contribution in [3.63, 3.8) is 0 Å². The lowest BCUT2D eigenvalue weighted by Crippen LogP contribution is -2.45. The van der Waals surface area contributed by atoms with Crippen LogP contribution in [0.3, 0.4) is 0 Å². The van der Waals surface area contributed by atoms with Crippen LogP contribution in [0.25, 0.3) is 0 Å². The number of likely N-dealkylation sites (N-methyl/N-ethyl adjacent to an activating group) is 1. The van der Waals surface area contributed by atoms with E-state index in [-0.39, 0.29) is 5.78 Å². The Morgan fingerprint density at radius 3 is 2.89 bits per heavy atom. The molecule has 1 aromatic heterocycles. The molecule has 3 rings (SSSR count). The molecule has 0 aromatic carbocycles. The van der Waals surface area contributed by atoms with E-state index in [2.05, 4.69) is 28.9 Å². The third-order valence-corrected chi connectivity index (χ3v) is 5.33. The van der Waals surface area contributed by atoms with Crippen LogP contribution in [-0.4, -0.2) is 48.9 Å². The fourth-order valence-corrected chi connectivity index (χ4v) is 4.09. The van der Waals surface area contributed by atoms with Crippen LogP contribution in [0.1, 0.15) is 41.0 Å². The highest BCUT2D eigenvalue weighted by molar-refractivity contribution is 7.16. The number of carbonyl (C=O) groups is 1. The summed E-state index contributed by atoms with van der Waals surface area (Å²) >= 11 is 1.73. The number of piperidine rings is 1. The van der Waals surface area contributed by atoms with Gasteiger partial charge < -0.3 is 9.80 Å². The topological polar surface area (TPSA) is 36.4 Å². The molecule has 0 bridgehead atoms. The molecule has 19 heavy (non-hydrogen) atoms. The molecule has 1 unspecified atom stereocenters. The van der Waals surface area contributed by atoms with Crippen molar-refractivity contribution in [3.8, 4) is 0 Å². The van der Waals surface area contributed by atoms with Gasteiger partial charge in [0.25, 0.3) is 0 Å². The number of carbonyl (C=O) groups excluding carboxylic acids is 1. The smallest absolute Gasteiger partial charge is 0.186 e. The van der Waals surface area contributed by atoms with E-state index in [0.717, 1.165) is 36.8 Å². The molecule has 4 nitrogen and oxygen atoms in total. The van der Waals surface area contributed by atoms with Gasteiger partial charge in [0.1, 0.15) is 5.69 Å². The van der Waals surface area contributed by atoms with Crippen molar-refractivity contribution >= 4 is 22.3 Å². The molecule has 0 N–H and O–H groups in total. The summed E-state index contributed by atoms with van der Waals surface area (Å²) in [6.45, 7) is 2.11. The molecule has 2 heterocycles. The Bertz CT molecular complexity index is 483. The summed E-state index contributed by atoms with van der Waals surface area (Å²) in [7, 11) is 4.29. The number of thiazole rings is 1. The molecule has 5 heteroatoms. The number of aromatic nitrogens is 1. The van der Waals surface area contributed by atoms with Crippen molar-refractivity contribution in [1.82, 2.24) is 9.88 Å². The summed E-state index contributed by atoms with van der Waals surface area (Å²) in [5.41, 5.74) is 0.762. The number of Topliss-reactive ketones (excluding diaryl/α,β-unsaturated/α-hetero) is 1. The van der Waals surface area contributed by atoms with E-state index in [9.17, 15) is 4.79 Å². The van der Waals surface area contributed by atoms with E-state index in [1.165, 1.54) is 17.7 Å². The van der Waals surface area contributed by atoms with E-state index in [1.54, 1.807) is 11.3 Å². The quantitative estimate of drug-likeness (QED) is 0.831. The molecule has 1 aromatic rings. The second-order valence-electron chi connectivity index (χ2n) is 5.75. The highest BCUT2D eigenvalue weighted by Crippen LogP contribution is 2.33. The van der Waals surface area contributed by atoms with E-state index >= 15 is 0 Å². The van der Waals surface area contributed by atoms with Crippen LogP contribution in [0.2, 0.25) is 0 Å². The summed E-state index contributed by atoms with van der Waals surface area (Å²) < 4.78 is 0. The summed E-state index contributed by atoms with van der Waals surface area (Å²) in [6, 6.07) is 0.602. The third-order valence-electron chi connectivity index (χ3n) is 4.16. The molecule has 2 aliphatic rings. The van der Waals surface area contributed by atoms with Gasteiger partial charge in [-0.3, -0.25) is 4.79 Å². The number of hydrogen-bond acceptors (Lipinski definition) is 5. The number of fused-ring (bicyclic) bond motifs is 1. The SMILES string of the molecule is CN(C)C1CCCN(c2nc3c(s2)CCCC3=O)C1. The Morgan fingerprint density at radius 1 is 1.32 bits per heavy atom. The van der Waals surface area contributed by atoms with Crippen LogP contribution in [0, 0.1) is 0 Å². The molecule has 1 aliphatic carbocycles. The number of nitrogens with zero attached hydrogens (tertiary/aromatic N) is 3. The van der Waals surface area contributed by atoms with Gasteiger partial charge in [0.05, 0.1) is 0 Å². The van der Waals surface area contributed by atoms with Gasteiger partial charge >= 0.3 is 0 Å². The maximum Gasteiger partial charge on any atom is 0.186 e. The van der Waals surface area contributed by atoms with Crippen molar-refractivity contribution in [2.75, 3.05) is 32.1 Å². The van der Waals surface area contributed by atoms with Gasteiger partial charge in [0.15, 0.2) is 10.9 Å². The van der Waals surface area contributed by atoms with Crippen LogP contribution < -0.4 is 4.90 Å². The average Bonchev–Trinajstić information content (AvgIpc) is 2.84. The Labute approximate surface area is 118 Å². The van der Waals surface area contributed by atoms with Gasteiger partial charge in [0, 0.05) is 30.4 Å². The van der Waals surface area contributed by atoms with E-state index in [0.29, 0.717) is 12.5 Å². The Kier molecular flexibility index (Phi) is 3.58. The largest absolute Gasteiger partial charge is 0.347 e. The van der Waals surface area contributed by atoms with Gasteiger partial charge in [-0.15, -0.1) is 11.3 Å². The first kappa shape index (κ1) is 13.1. The summed E-state index contributed by atoms with van der Waals surface area (Å²) in [6.07, 6.45) is 5.17. The standard InChI is InChI=1S/C14H21N3OS/c1-16(2)10-5-4-8-17(9-10)14-15-13-11(18)6-3-7-12(13)19-14/h10H,3-9H2,1-2H3. The maximum absolute atomic E-state index is 11.9. The lowest BCUT2D eigenvalue weighted by molar-refractivity contribution is 0.0968. The van der Waals surface area contributed by atoms with Gasteiger partial charge in [-0.05, 0) is 39.8 Å². The second-order valence-corrected chi connectivity index (χ2v) is 6.81. The molecule has 1 saturated heterocycles. The molecule has 0 radical (unpaired) electrons. The first-order valence-corrected chi connectivity index (χ1v) is 7.91. The molecule has 0 spiro atoms. The van der Waals surface area contributed by atoms with Crippen LogP contribution in [0.15, 0.2) is 0 Å². The highest BCUT2D eigenvalue weighted by Gasteiger charge is 2.27. The molecule has 1 fully saturated rings. The molecular formula is C14H21N3OS. The lowest BCUT2D eigenvalue weighted by Gasteiger charge is -2.35. The average molecular weight is 279 g/mol. The van der Waals surface area contributed by atoms with Gasteiger partial charge in [0.2, 0.25) is 0 Å². The minimum Gasteiger partial charge on any atom is -0.347 e. The van der Waals surface area contributed by atoms with Crippen LogP contribution in [0.4, 0.5) is 5.13 Å². The zero-order chi connectivity index (χ0) is 13.4. The highest BCUT2D eigenvalue weighted by atomic mass is 32.1. The van der Waals surface area contributed by atoms with Crippen molar-refractivity contribution in [3.05, 3.63) is 10.6 Å². The minimum atomic E-state index is 0.241. The third kappa shape index (κ3) is 2.54. The number of ketones is 1. The molecule has 104 valence electrons. The van der Waals surface area contributed by atoms with Crippen LogP contribution >= 0.6 is 11.3 Å². The minimum absolute atomic E-state index is 0.241. The zero-order valence-corrected chi connectivity index (χ0v) is 12.5. The van der Waals surface area contributed by atoms with E-state index < -0.39 is 0 Å². The Morgan fingerprint density at radius 2 is 2.16 bits per heavy atom. The van der Waals surface area contributed by atoms with E-state index in [4.69, 9.17) is 0 Å². The Hall–Kier alpha value is -0.940. The lowest BCUT2D eigenvalue weighted by atomic mass is 10.0. The zero-order valence-electron chi connectivity index (χ0n) is 11.7. The van der Waals surface area contributed by atoms with E-state index in [1.807, 2.05) is 0 Å². The Balaban J connectivity index is 1.80. The maximum atomic E-state index is 11.9. The van der Waals surface area contributed by atoms with Crippen LogP contribution in [-0.2, 0) is 6.42 Å². The summed E-state index contributed by atoms with van der Waals surface area (Å²) in [5, 5.41) is 1.06. The summed E-state index contributed by atoms with van der Waals surface area (Å²) in [5.74, 6) is 0.241. The monoisotopic (exact) mass is 279 g/mol. The number of hydrogen-bond donors (Lipinski definition) is 0. The molecular weight excluding hydrogens is 258 g/mol. The first-order chi connectivity index (χ1) is 9.15. The predicted molar refractivity (Wildman–Crippen MR) is 78.3 cm³/mol. The normalized spacial score (nSPS) is 23.8. The fraction of sp³-hybridized carbons (Fsp3) is 0.714. The number of rotatable bonds is 2. The number of anilines is 1. The van der Waals surface area contributed by atoms with Crippen molar-refractivity contribution in [1.29, 1.82) is 0 Å². The molecule has 1 aliphatic heterocycles. The first-order valence-electron chi connectivity index (χ1n) is 7.09. The van der Waals surface area contributed by atoms with Gasteiger partial charge in [-0.2, -0.15) is 0 Å². The van der Waals surface area contributed by atoms with Crippen molar-refractivity contribution < 1.29 is 4.79 Å². The summed E-state index contributed by atoms with van der Waals surface area (Å²) in [4.78, 5) is 22.4. The van der Waals surface area contributed by atoms with Crippen molar-refractivity contribution in [2.24, 2.45) is 0 Å². The predicted octanol–water partition coefficient (Wildman–Crippen LogP) is 2.19. The van der Waals surface area contributed by atoms with Crippen molar-refractivity contribution in [2.45, 2.75) is 38.1 Å². The van der Waals surface area contributed by atoms with Crippen LogP contribution in [0.5, 0.6) is 0 Å². The second kappa shape index (κ2) is 5.21. The number of aryl methyl sites for hydroxylation is 1. The van der Waals surface area contributed by atoms with Gasteiger partial charge in [-0.1, -0.05) is 0 Å². The molecule has 0 amide bonds.